The molecule has 5 nitrogen and oxygen atoms in total. The van der Waals surface area contributed by atoms with Gasteiger partial charge in [0.2, 0.25) is 0 Å². The zero-order chi connectivity index (χ0) is 14.5. The van der Waals surface area contributed by atoms with E-state index in [0.29, 0.717) is 12.1 Å². The number of aliphatic hydroxyl groups excluding tert-OH is 1. The molecule has 0 fully saturated rings. The molecule has 2 aromatic rings. The number of nitrogens with one attached hydrogen (secondary N) is 1. The molecule has 2 N–H and O–H groups in total. The van der Waals surface area contributed by atoms with E-state index in [4.69, 9.17) is 5.11 Å². The molecule has 0 radical (unpaired) electrons. The number of hydrogen-bond donors (Lipinski definition) is 2. The summed E-state index contributed by atoms with van der Waals surface area (Å²) in [6, 6.07) is 7.35. The van der Waals surface area contributed by atoms with Crippen molar-refractivity contribution in [2.45, 2.75) is 13.5 Å². The lowest BCUT2D eigenvalue weighted by atomic mass is 10.1. The number of nitrogens with zero attached hydrogens (tertiary/aromatic N) is 1. The molecule has 5 heteroatoms. The number of aryl methyl sites for hydroxylation is 1. The molecule has 0 amide bonds. The van der Waals surface area contributed by atoms with Crippen LogP contribution < -0.4 is 11.2 Å². The molecule has 0 aliphatic carbocycles. The Kier molecular flexibility index (Phi) is 4.18. The average molecular weight is 270 g/mol. The first-order chi connectivity index (χ1) is 9.60. The number of H-pyrrole nitrogens is 1. The molecular weight excluding hydrogens is 256 g/mol. The summed E-state index contributed by atoms with van der Waals surface area (Å²) in [7, 11) is 0. The van der Waals surface area contributed by atoms with Crippen LogP contribution in [0.15, 0.2) is 40.1 Å². The predicted octanol–water partition coefficient (Wildman–Crippen LogP) is 0.237. The van der Waals surface area contributed by atoms with Crippen molar-refractivity contribution in [1.82, 2.24) is 9.55 Å². The molecule has 20 heavy (non-hydrogen) atoms. The van der Waals surface area contributed by atoms with Gasteiger partial charge in [-0.05, 0) is 24.6 Å². The van der Waals surface area contributed by atoms with Crippen LogP contribution in [0.2, 0.25) is 0 Å². The number of aliphatic hydroxyl groups is 1. The van der Waals surface area contributed by atoms with Crippen LogP contribution in [-0.4, -0.2) is 21.3 Å². The van der Waals surface area contributed by atoms with Gasteiger partial charge >= 0.3 is 5.69 Å². The highest BCUT2D eigenvalue weighted by molar-refractivity contribution is 5.36. The van der Waals surface area contributed by atoms with E-state index in [0.717, 1.165) is 11.1 Å². The van der Waals surface area contributed by atoms with Crippen molar-refractivity contribution in [3.05, 3.63) is 68.0 Å². The molecule has 1 aromatic carbocycles. The zero-order valence-electron chi connectivity index (χ0n) is 11.0. The summed E-state index contributed by atoms with van der Waals surface area (Å²) in [6.07, 6.45) is 1.54. The second kappa shape index (κ2) is 6.04. The molecule has 1 heterocycles. The third-order valence-corrected chi connectivity index (χ3v) is 2.81. The van der Waals surface area contributed by atoms with Crippen molar-refractivity contribution < 1.29 is 5.11 Å². The van der Waals surface area contributed by atoms with Gasteiger partial charge in [-0.15, -0.1) is 0 Å². The molecule has 0 unspecified atom stereocenters. The Morgan fingerprint density at radius 1 is 1.25 bits per heavy atom. The summed E-state index contributed by atoms with van der Waals surface area (Å²) in [4.78, 5) is 25.2. The number of aromatic amines is 1. The zero-order valence-corrected chi connectivity index (χ0v) is 11.0. The highest BCUT2D eigenvalue weighted by Crippen LogP contribution is 2.04. The minimum atomic E-state index is -0.426. The number of aromatic nitrogens is 2. The summed E-state index contributed by atoms with van der Waals surface area (Å²) in [5.74, 6) is 5.36. The standard InChI is InChI=1S/C15H14N2O3/c1-11-9-17(15(20)16-14(11)19)10-13-6-4-12(5-7-13)3-2-8-18/h4-7,9,18H,8,10H2,1H3,(H,16,19,20). The Balaban J connectivity index is 2.24. The van der Waals surface area contributed by atoms with Crippen molar-refractivity contribution in [1.29, 1.82) is 0 Å². The van der Waals surface area contributed by atoms with Crippen molar-refractivity contribution in [3.8, 4) is 11.8 Å². The van der Waals surface area contributed by atoms with E-state index in [1.165, 1.54) is 4.57 Å². The van der Waals surface area contributed by atoms with Crippen molar-refractivity contribution in [3.63, 3.8) is 0 Å². The summed E-state index contributed by atoms with van der Waals surface area (Å²) in [6.45, 7) is 1.86. The van der Waals surface area contributed by atoms with Crippen LogP contribution >= 0.6 is 0 Å². The van der Waals surface area contributed by atoms with E-state index in [-0.39, 0.29) is 12.2 Å². The molecule has 102 valence electrons. The minimum absolute atomic E-state index is 0.173. The third kappa shape index (κ3) is 3.25. The maximum absolute atomic E-state index is 11.7. The smallest absolute Gasteiger partial charge is 0.328 e. The van der Waals surface area contributed by atoms with Crippen LogP contribution in [0.3, 0.4) is 0 Å². The van der Waals surface area contributed by atoms with Gasteiger partial charge in [0.25, 0.3) is 5.56 Å². The van der Waals surface area contributed by atoms with Gasteiger partial charge in [-0.25, -0.2) is 4.79 Å². The summed E-state index contributed by atoms with van der Waals surface area (Å²) in [5, 5.41) is 8.62. The fourth-order valence-corrected chi connectivity index (χ4v) is 1.77. The largest absolute Gasteiger partial charge is 0.384 e. The molecule has 0 bridgehead atoms. The molecule has 0 spiro atoms. The lowest BCUT2D eigenvalue weighted by Crippen LogP contribution is -2.31. The van der Waals surface area contributed by atoms with Gasteiger partial charge in [0, 0.05) is 17.3 Å². The van der Waals surface area contributed by atoms with Gasteiger partial charge < -0.3 is 5.11 Å². The lowest BCUT2D eigenvalue weighted by Gasteiger charge is -2.06. The molecule has 2 rings (SSSR count). The monoisotopic (exact) mass is 270 g/mol. The highest BCUT2D eigenvalue weighted by atomic mass is 16.2. The van der Waals surface area contributed by atoms with Crippen LogP contribution in [0.4, 0.5) is 0 Å². The van der Waals surface area contributed by atoms with Crippen molar-refractivity contribution in [2.75, 3.05) is 6.61 Å². The molecule has 0 atom stereocenters. The summed E-state index contributed by atoms with van der Waals surface area (Å²) >= 11 is 0. The van der Waals surface area contributed by atoms with Gasteiger partial charge in [0.05, 0.1) is 6.54 Å². The third-order valence-electron chi connectivity index (χ3n) is 2.81. The molecular formula is C15H14N2O3. The van der Waals surface area contributed by atoms with Crippen molar-refractivity contribution in [2.24, 2.45) is 0 Å². The summed E-state index contributed by atoms with van der Waals surface area (Å²) < 4.78 is 1.45. The van der Waals surface area contributed by atoms with Crippen LogP contribution in [0.5, 0.6) is 0 Å². The maximum Gasteiger partial charge on any atom is 0.328 e. The fourth-order valence-electron chi connectivity index (χ4n) is 1.77. The lowest BCUT2D eigenvalue weighted by molar-refractivity contribution is 0.350. The van der Waals surface area contributed by atoms with E-state index in [9.17, 15) is 9.59 Å². The topological polar surface area (TPSA) is 75.1 Å². The van der Waals surface area contributed by atoms with Gasteiger partial charge in [-0.2, -0.15) is 0 Å². The number of hydrogen-bond acceptors (Lipinski definition) is 3. The first-order valence-corrected chi connectivity index (χ1v) is 6.09. The predicted molar refractivity (Wildman–Crippen MR) is 75.6 cm³/mol. The Morgan fingerprint density at radius 2 is 1.95 bits per heavy atom. The number of rotatable bonds is 2. The van der Waals surface area contributed by atoms with E-state index >= 15 is 0 Å². The quantitative estimate of drug-likeness (QED) is 0.767. The first-order valence-electron chi connectivity index (χ1n) is 6.09. The number of benzene rings is 1. The highest BCUT2D eigenvalue weighted by Gasteiger charge is 2.01. The Bertz CT molecular complexity index is 774. The molecule has 0 saturated carbocycles. The second-order valence-corrected chi connectivity index (χ2v) is 4.36. The minimum Gasteiger partial charge on any atom is -0.384 e. The van der Waals surface area contributed by atoms with E-state index < -0.39 is 5.69 Å². The van der Waals surface area contributed by atoms with E-state index in [2.05, 4.69) is 16.8 Å². The van der Waals surface area contributed by atoms with Crippen LogP contribution in [0.1, 0.15) is 16.7 Å². The SMILES string of the molecule is Cc1cn(Cc2ccc(C#CCO)cc2)c(=O)[nH]c1=O. The van der Waals surface area contributed by atoms with Gasteiger partial charge in [0.1, 0.15) is 6.61 Å². The van der Waals surface area contributed by atoms with Gasteiger partial charge in [-0.1, -0.05) is 24.0 Å². The van der Waals surface area contributed by atoms with Gasteiger partial charge in [-0.3, -0.25) is 14.3 Å². The molecule has 0 saturated heterocycles. The Labute approximate surface area is 115 Å². The fraction of sp³-hybridized carbons (Fsp3) is 0.200. The Morgan fingerprint density at radius 3 is 2.60 bits per heavy atom. The normalized spacial score (nSPS) is 9.90. The van der Waals surface area contributed by atoms with E-state index in [1.54, 1.807) is 13.1 Å². The van der Waals surface area contributed by atoms with E-state index in [1.807, 2.05) is 24.3 Å². The average Bonchev–Trinajstić information content (AvgIpc) is 2.44. The second-order valence-electron chi connectivity index (χ2n) is 4.36. The molecule has 1 aromatic heterocycles. The first kappa shape index (κ1) is 13.8. The van der Waals surface area contributed by atoms with Crippen LogP contribution in [0.25, 0.3) is 0 Å². The van der Waals surface area contributed by atoms with Crippen molar-refractivity contribution >= 4 is 0 Å². The maximum atomic E-state index is 11.7. The Hall–Kier alpha value is -2.58. The van der Waals surface area contributed by atoms with Crippen LogP contribution in [0, 0.1) is 18.8 Å². The molecule has 0 aliphatic heterocycles. The van der Waals surface area contributed by atoms with Gasteiger partial charge in [0.15, 0.2) is 0 Å². The van der Waals surface area contributed by atoms with Crippen LogP contribution in [-0.2, 0) is 6.54 Å². The summed E-state index contributed by atoms with van der Waals surface area (Å²) in [5.41, 5.74) is 1.43. The molecule has 0 aliphatic rings.